The zero-order chi connectivity index (χ0) is 17.0. The van der Waals surface area contributed by atoms with Crippen molar-refractivity contribution >= 4 is 6.29 Å². The van der Waals surface area contributed by atoms with Crippen LogP contribution in [0.5, 0.6) is 11.5 Å². The molecule has 23 heavy (non-hydrogen) atoms. The van der Waals surface area contributed by atoms with Gasteiger partial charge in [-0.2, -0.15) is 0 Å². The Hall–Kier alpha value is -1.55. The zero-order valence-electron chi connectivity index (χ0n) is 14.4. The molecule has 1 heterocycles. The number of rotatable bonds is 7. The molecule has 0 amide bonds. The largest absolute Gasteiger partial charge is 0.508 e. The van der Waals surface area contributed by atoms with E-state index in [1.807, 2.05) is 13.8 Å². The topological polar surface area (TPSA) is 66.8 Å². The number of benzene rings is 1. The highest BCUT2D eigenvalue weighted by atomic mass is 16.5. The number of phenols is 1. The highest BCUT2D eigenvalue weighted by molar-refractivity contribution is 5.84. The van der Waals surface area contributed by atoms with E-state index in [-0.39, 0.29) is 5.75 Å². The van der Waals surface area contributed by atoms with Crippen LogP contribution in [0.15, 0.2) is 6.07 Å². The van der Waals surface area contributed by atoms with Crippen molar-refractivity contribution in [2.24, 2.45) is 0 Å². The van der Waals surface area contributed by atoms with E-state index in [9.17, 15) is 15.0 Å². The van der Waals surface area contributed by atoms with Gasteiger partial charge in [0.25, 0.3) is 0 Å². The molecule has 0 fully saturated rings. The number of aliphatic hydroxyl groups is 1. The molecule has 0 aromatic heterocycles. The molecule has 0 spiro atoms. The van der Waals surface area contributed by atoms with E-state index in [0.29, 0.717) is 35.3 Å². The van der Waals surface area contributed by atoms with E-state index in [0.717, 1.165) is 19.1 Å². The Kier molecular flexibility index (Phi) is 5.69. The summed E-state index contributed by atoms with van der Waals surface area (Å²) in [6.45, 7) is 5.80. The molecular formula is C19H28O4. The van der Waals surface area contributed by atoms with Crippen LogP contribution in [-0.4, -0.2) is 28.2 Å². The molecule has 0 aliphatic carbocycles. The summed E-state index contributed by atoms with van der Waals surface area (Å²) in [7, 11) is 0. The van der Waals surface area contributed by atoms with Crippen LogP contribution in [0.2, 0.25) is 0 Å². The first kappa shape index (κ1) is 17.8. The van der Waals surface area contributed by atoms with Gasteiger partial charge in [-0.3, -0.25) is 4.79 Å². The van der Waals surface area contributed by atoms with Crippen LogP contribution in [0.4, 0.5) is 0 Å². The fourth-order valence-electron chi connectivity index (χ4n) is 3.12. The van der Waals surface area contributed by atoms with E-state index < -0.39 is 11.7 Å². The molecule has 2 rings (SSSR count). The summed E-state index contributed by atoms with van der Waals surface area (Å²) in [6, 6.07) is 1.64. The Bertz CT molecular complexity index is 563. The summed E-state index contributed by atoms with van der Waals surface area (Å²) in [6.07, 6.45) is 6.78. The van der Waals surface area contributed by atoms with E-state index in [2.05, 4.69) is 6.92 Å². The number of unbranched alkanes of at least 4 members (excludes halogenated alkanes) is 4. The minimum Gasteiger partial charge on any atom is -0.508 e. The molecule has 0 radical (unpaired) electrons. The number of carbonyl (C=O) groups is 1. The van der Waals surface area contributed by atoms with Gasteiger partial charge in [0.05, 0.1) is 11.7 Å². The molecule has 1 aromatic carbocycles. The minimum absolute atomic E-state index is 0.136. The maximum atomic E-state index is 11.6. The first-order valence-corrected chi connectivity index (χ1v) is 8.60. The first-order valence-electron chi connectivity index (χ1n) is 8.60. The molecule has 0 saturated heterocycles. The Morgan fingerprint density at radius 3 is 2.65 bits per heavy atom. The van der Waals surface area contributed by atoms with Gasteiger partial charge >= 0.3 is 0 Å². The molecule has 1 atom stereocenters. The Morgan fingerprint density at radius 1 is 1.30 bits per heavy atom. The van der Waals surface area contributed by atoms with Crippen molar-refractivity contribution in [1.29, 1.82) is 0 Å². The summed E-state index contributed by atoms with van der Waals surface area (Å²) < 4.78 is 5.90. The normalized spacial score (nSPS) is 19.0. The number of hydrogen-bond donors (Lipinski definition) is 2. The van der Waals surface area contributed by atoms with Gasteiger partial charge in [0.2, 0.25) is 0 Å². The summed E-state index contributed by atoms with van der Waals surface area (Å²) in [5.74, 6) is 0.661. The monoisotopic (exact) mass is 320 g/mol. The highest BCUT2D eigenvalue weighted by Crippen LogP contribution is 2.40. The number of carbonyl (C=O) groups excluding carboxylic acids is 1. The van der Waals surface area contributed by atoms with E-state index in [1.54, 1.807) is 6.07 Å². The van der Waals surface area contributed by atoms with E-state index >= 15 is 0 Å². The van der Waals surface area contributed by atoms with Gasteiger partial charge in [-0.15, -0.1) is 0 Å². The Labute approximate surface area is 138 Å². The second-order valence-corrected chi connectivity index (χ2v) is 6.98. The van der Waals surface area contributed by atoms with Gasteiger partial charge in [0.1, 0.15) is 17.1 Å². The van der Waals surface area contributed by atoms with Crippen molar-refractivity contribution in [1.82, 2.24) is 0 Å². The van der Waals surface area contributed by atoms with Gasteiger partial charge in [-0.05, 0) is 32.8 Å². The van der Waals surface area contributed by atoms with Crippen molar-refractivity contribution in [3.63, 3.8) is 0 Å². The Morgan fingerprint density at radius 2 is 2.00 bits per heavy atom. The third kappa shape index (κ3) is 3.86. The number of aromatic hydroxyl groups is 1. The molecule has 4 heteroatoms. The second-order valence-electron chi connectivity index (χ2n) is 6.98. The molecule has 0 unspecified atom stereocenters. The minimum atomic E-state index is -0.736. The third-order valence-electron chi connectivity index (χ3n) is 4.71. The second kappa shape index (κ2) is 7.35. The van der Waals surface area contributed by atoms with Gasteiger partial charge in [0, 0.05) is 17.5 Å². The maximum Gasteiger partial charge on any atom is 0.154 e. The predicted molar refractivity (Wildman–Crippen MR) is 90.4 cm³/mol. The molecule has 2 N–H and O–H groups in total. The van der Waals surface area contributed by atoms with Crippen molar-refractivity contribution in [3.05, 3.63) is 22.8 Å². The summed E-state index contributed by atoms with van der Waals surface area (Å²) in [4.78, 5) is 11.6. The smallest absolute Gasteiger partial charge is 0.154 e. The van der Waals surface area contributed by atoms with E-state index in [4.69, 9.17) is 4.74 Å². The predicted octanol–water partition coefficient (Wildman–Crippen LogP) is 3.79. The van der Waals surface area contributed by atoms with Gasteiger partial charge in [0.15, 0.2) is 6.29 Å². The summed E-state index contributed by atoms with van der Waals surface area (Å²) >= 11 is 0. The van der Waals surface area contributed by atoms with Crippen LogP contribution in [-0.2, 0) is 12.8 Å². The summed E-state index contributed by atoms with van der Waals surface area (Å²) in [5, 5.41) is 20.4. The van der Waals surface area contributed by atoms with Crippen LogP contribution in [0.25, 0.3) is 0 Å². The number of aliphatic hydroxyl groups excluding tert-OH is 1. The fraction of sp³-hybridized carbons (Fsp3) is 0.632. The zero-order valence-corrected chi connectivity index (χ0v) is 14.4. The number of phenolic OH excluding ortho intramolecular Hbond substituents is 1. The van der Waals surface area contributed by atoms with Crippen molar-refractivity contribution in [2.75, 3.05) is 0 Å². The lowest BCUT2D eigenvalue weighted by atomic mass is 9.87. The van der Waals surface area contributed by atoms with Gasteiger partial charge in [-0.25, -0.2) is 0 Å². The van der Waals surface area contributed by atoms with Crippen LogP contribution >= 0.6 is 0 Å². The SMILES string of the molecule is CCCCCCCc1c(O)cc2c(c1C=O)OC(C)(C)[C@H](O)C2. The average molecular weight is 320 g/mol. The lowest BCUT2D eigenvalue weighted by molar-refractivity contribution is -0.0415. The first-order chi connectivity index (χ1) is 10.9. The van der Waals surface area contributed by atoms with Crippen molar-refractivity contribution in [3.8, 4) is 11.5 Å². The van der Waals surface area contributed by atoms with Gasteiger partial charge in [-0.1, -0.05) is 32.6 Å². The van der Waals surface area contributed by atoms with Crippen LogP contribution < -0.4 is 4.74 Å². The standard InChI is InChI=1S/C19H28O4/c1-4-5-6-7-8-9-14-15(12-20)18-13(10-16(14)21)11-17(22)19(2,3)23-18/h10,12,17,21-22H,4-9,11H2,1-3H3/t17-/m1/s1. The quantitative estimate of drug-likeness (QED) is 0.592. The number of ether oxygens (including phenoxy) is 1. The third-order valence-corrected chi connectivity index (χ3v) is 4.71. The molecule has 1 aromatic rings. The van der Waals surface area contributed by atoms with Gasteiger partial charge < -0.3 is 14.9 Å². The molecule has 0 saturated carbocycles. The van der Waals surface area contributed by atoms with Crippen molar-refractivity contribution < 1.29 is 19.7 Å². The maximum absolute atomic E-state index is 11.6. The van der Waals surface area contributed by atoms with E-state index in [1.165, 1.54) is 19.3 Å². The molecule has 4 nitrogen and oxygen atoms in total. The van der Waals surface area contributed by atoms with Crippen LogP contribution in [0, 0.1) is 0 Å². The van der Waals surface area contributed by atoms with Crippen molar-refractivity contribution in [2.45, 2.75) is 77.4 Å². The average Bonchev–Trinajstić information content (AvgIpc) is 2.49. The summed E-state index contributed by atoms with van der Waals surface area (Å²) in [5.41, 5.74) is 1.07. The number of aldehydes is 1. The number of hydrogen-bond acceptors (Lipinski definition) is 4. The lowest BCUT2D eigenvalue weighted by Gasteiger charge is -2.38. The molecular weight excluding hydrogens is 292 g/mol. The van der Waals surface area contributed by atoms with Crippen LogP contribution in [0.1, 0.15) is 74.4 Å². The molecule has 128 valence electrons. The van der Waals surface area contributed by atoms with Crippen LogP contribution in [0.3, 0.4) is 0 Å². The molecule has 1 aliphatic heterocycles. The fourth-order valence-corrected chi connectivity index (χ4v) is 3.12. The number of fused-ring (bicyclic) bond motifs is 1. The Balaban J connectivity index is 2.25. The molecule has 1 aliphatic rings. The lowest BCUT2D eigenvalue weighted by Crippen LogP contribution is -2.46. The molecule has 0 bridgehead atoms. The highest BCUT2D eigenvalue weighted by Gasteiger charge is 2.37.